The maximum Gasteiger partial charge on any atom is 0.237 e. The lowest BCUT2D eigenvalue weighted by atomic mass is 10.0. The van der Waals surface area contributed by atoms with Gasteiger partial charge in [-0.2, -0.15) is 0 Å². The molecule has 1 amide bonds. The molecule has 0 aromatic carbocycles. The van der Waals surface area contributed by atoms with E-state index >= 15 is 0 Å². The molecule has 2 N–H and O–H groups in total. The summed E-state index contributed by atoms with van der Waals surface area (Å²) >= 11 is 0. The molecule has 0 spiro atoms. The highest BCUT2D eigenvalue weighted by atomic mass is 16.2. The molecule has 0 radical (unpaired) electrons. The van der Waals surface area contributed by atoms with E-state index in [1.165, 1.54) is 0 Å². The summed E-state index contributed by atoms with van der Waals surface area (Å²) in [6, 6.07) is 0.356. The van der Waals surface area contributed by atoms with E-state index in [-0.39, 0.29) is 11.9 Å². The first-order valence-corrected chi connectivity index (χ1v) is 5.63. The van der Waals surface area contributed by atoms with Gasteiger partial charge in [-0.25, -0.2) is 0 Å². The first kappa shape index (κ1) is 11.5. The van der Waals surface area contributed by atoms with Crippen molar-refractivity contribution in [1.82, 2.24) is 10.6 Å². The third-order valence-electron chi connectivity index (χ3n) is 2.59. The van der Waals surface area contributed by atoms with Gasteiger partial charge in [0.05, 0.1) is 6.04 Å². The second-order valence-electron chi connectivity index (χ2n) is 4.69. The fraction of sp³-hybridized carbons (Fsp3) is 0.909. The SMILES string of the molecule is CC(C)CC(C)NC(=O)C1CCCN1. The third kappa shape index (κ3) is 3.66. The number of amides is 1. The molecular weight excluding hydrogens is 176 g/mol. The minimum absolute atomic E-state index is 0.0598. The lowest BCUT2D eigenvalue weighted by Crippen LogP contribution is -2.44. The summed E-state index contributed by atoms with van der Waals surface area (Å²) in [6.07, 6.45) is 3.16. The van der Waals surface area contributed by atoms with Crippen molar-refractivity contribution in [3.05, 3.63) is 0 Å². The van der Waals surface area contributed by atoms with Gasteiger partial charge in [0.2, 0.25) is 5.91 Å². The van der Waals surface area contributed by atoms with Crippen LogP contribution < -0.4 is 10.6 Å². The Balaban J connectivity index is 2.25. The van der Waals surface area contributed by atoms with E-state index in [0.717, 1.165) is 25.8 Å². The number of carbonyl (C=O) groups is 1. The first-order valence-electron chi connectivity index (χ1n) is 5.63. The van der Waals surface area contributed by atoms with Crippen molar-refractivity contribution in [2.45, 2.75) is 52.1 Å². The van der Waals surface area contributed by atoms with Crippen molar-refractivity contribution in [3.63, 3.8) is 0 Å². The van der Waals surface area contributed by atoms with Crippen molar-refractivity contribution in [3.8, 4) is 0 Å². The Morgan fingerprint density at radius 2 is 2.21 bits per heavy atom. The molecule has 1 aliphatic heterocycles. The molecule has 1 fully saturated rings. The van der Waals surface area contributed by atoms with E-state index in [1.54, 1.807) is 0 Å². The average molecular weight is 198 g/mol. The largest absolute Gasteiger partial charge is 0.352 e. The highest BCUT2D eigenvalue weighted by Gasteiger charge is 2.22. The number of hydrogen-bond acceptors (Lipinski definition) is 2. The van der Waals surface area contributed by atoms with Crippen LogP contribution in [0.3, 0.4) is 0 Å². The van der Waals surface area contributed by atoms with Gasteiger partial charge in [0.25, 0.3) is 0 Å². The summed E-state index contributed by atoms with van der Waals surface area (Å²) in [6.45, 7) is 7.41. The predicted molar refractivity (Wildman–Crippen MR) is 58.1 cm³/mol. The molecule has 3 heteroatoms. The van der Waals surface area contributed by atoms with Gasteiger partial charge < -0.3 is 10.6 Å². The molecule has 0 aliphatic carbocycles. The van der Waals surface area contributed by atoms with Crippen LogP contribution in [0, 0.1) is 5.92 Å². The Kier molecular flexibility index (Phi) is 4.39. The van der Waals surface area contributed by atoms with Crippen LogP contribution in [0.2, 0.25) is 0 Å². The second kappa shape index (κ2) is 5.35. The zero-order valence-electron chi connectivity index (χ0n) is 9.47. The topological polar surface area (TPSA) is 41.1 Å². The molecule has 0 aromatic heterocycles. The van der Waals surface area contributed by atoms with Gasteiger partial charge in [-0.15, -0.1) is 0 Å². The van der Waals surface area contributed by atoms with Crippen LogP contribution in [0.4, 0.5) is 0 Å². The molecule has 1 rings (SSSR count). The lowest BCUT2D eigenvalue weighted by molar-refractivity contribution is -0.123. The summed E-state index contributed by atoms with van der Waals surface area (Å²) in [5, 5.41) is 6.25. The number of carbonyl (C=O) groups excluding carboxylic acids is 1. The molecule has 3 nitrogen and oxygen atoms in total. The summed E-state index contributed by atoms with van der Waals surface area (Å²) in [5.74, 6) is 0.817. The van der Waals surface area contributed by atoms with Crippen molar-refractivity contribution in [2.75, 3.05) is 6.54 Å². The molecule has 1 saturated heterocycles. The normalized spacial score (nSPS) is 23.9. The maximum absolute atomic E-state index is 11.7. The smallest absolute Gasteiger partial charge is 0.237 e. The zero-order valence-corrected chi connectivity index (χ0v) is 9.47. The van der Waals surface area contributed by atoms with Gasteiger partial charge in [0.15, 0.2) is 0 Å². The lowest BCUT2D eigenvalue weighted by Gasteiger charge is -2.18. The van der Waals surface area contributed by atoms with Crippen LogP contribution in [0.25, 0.3) is 0 Å². The van der Waals surface area contributed by atoms with Crippen LogP contribution in [-0.2, 0) is 4.79 Å². The summed E-state index contributed by atoms with van der Waals surface area (Å²) in [7, 11) is 0. The standard InChI is InChI=1S/C11H22N2O/c1-8(2)7-9(3)13-11(14)10-5-4-6-12-10/h8-10,12H,4-7H2,1-3H3,(H,13,14). The molecule has 0 aromatic rings. The molecule has 0 bridgehead atoms. The third-order valence-corrected chi connectivity index (χ3v) is 2.59. The molecule has 82 valence electrons. The van der Waals surface area contributed by atoms with Gasteiger partial charge in [0, 0.05) is 6.04 Å². The van der Waals surface area contributed by atoms with Crippen molar-refractivity contribution in [1.29, 1.82) is 0 Å². The van der Waals surface area contributed by atoms with Gasteiger partial charge in [0.1, 0.15) is 0 Å². The van der Waals surface area contributed by atoms with Crippen LogP contribution in [0.15, 0.2) is 0 Å². The molecule has 14 heavy (non-hydrogen) atoms. The molecule has 0 saturated carbocycles. The molecule has 2 unspecified atom stereocenters. The van der Waals surface area contributed by atoms with E-state index in [9.17, 15) is 4.79 Å². The molecule has 1 heterocycles. The Morgan fingerprint density at radius 1 is 1.50 bits per heavy atom. The average Bonchev–Trinajstić information content (AvgIpc) is 2.53. The van der Waals surface area contributed by atoms with Gasteiger partial charge in [-0.1, -0.05) is 13.8 Å². The minimum atomic E-state index is 0.0598. The van der Waals surface area contributed by atoms with Crippen LogP contribution in [0.1, 0.15) is 40.0 Å². The van der Waals surface area contributed by atoms with Crippen molar-refractivity contribution >= 4 is 5.91 Å². The number of nitrogens with one attached hydrogen (secondary N) is 2. The van der Waals surface area contributed by atoms with Crippen molar-refractivity contribution in [2.24, 2.45) is 5.92 Å². The van der Waals surface area contributed by atoms with Gasteiger partial charge in [-0.05, 0) is 38.6 Å². The van der Waals surface area contributed by atoms with Crippen LogP contribution >= 0.6 is 0 Å². The Bertz CT molecular complexity index is 186. The number of rotatable bonds is 4. The van der Waals surface area contributed by atoms with Crippen LogP contribution in [0.5, 0.6) is 0 Å². The maximum atomic E-state index is 11.7. The van der Waals surface area contributed by atoms with E-state index < -0.39 is 0 Å². The minimum Gasteiger partial charge on any atom is -0.352 e. The highest BCUT2D eigenvalue weighted by molar-refractivity contribution is 5.82. The van der Waals surface area contributed by atoms with Crippen molar-refractivity contribution < 1.29 is 4.79 Å². The molecular formula is C11H22N2O. The Morgan fingerprint density at radius 3 is 2.71 bits per heavy atom. The monoisotopic (exact) mass is 198 g/mol. The predicted octanol–water partition coefficient (Wildman–Crippen LogP) is 1.29. The summed E-state index contributed by atoms with van der Waals surface area (Å²) < 4.78 is 0. The van der Waals surface area contributed by atoms with E-state index in [4.69, 9.17) is 0 Å². The summed E-state index contributed by atoms with van der Waals surface area (Å²) in [5.41, 5.74) is 0. The highest BCUT2D eigenvalue weighted by Crippen LogP contribution is 2.07. The Hall–Kier alpha value is -0.570. The van der Waals surface area contributed by atoms with Gasteiger partial charge >= 0.3 is 0 Å². The summed E-state index contributed by atoms with van der Waals surface area (Å²) in [4.78, 5) is 11.7. The fourth-order valence-corrected chi connectivity index (χ4v) is 2.02. The number of hydrogen-bond donors (Lipinski definition) is 2. The van der Waals surface area contributed by atoms with E-state index in [1.807, 2.05) is 0 Å². The van der Waals surface area contributed by atoms with Gasteiger partial charge in [-0.3, -0.25) is 4.79 Å². The molecule has 2 atom stereocenters. The first-order chi connectivity index (χ1) is 6.59. The molecule has 1 aliphatic rings. The quantitative estimate of drug-likeness (QED) is 0.714. The van der Waals surface area contributed by atoms with E-state index in [0.29, 0.717) is 12.0 Å². The Labute approximate surface area is 86.6 Å². The van der Waals surface area contributed by atoms with E-state index in [2.05, 4.69) is 31.4 Å². The fourth-order valence-electron chi connectivity index (χ4n) is 2.02. The second-order valence-corrected chi connectivity index (χ2v) is 4.69. The zero-order chi connectivity index (χ0) is 10.6. The van der Waals surface area contributed by atoms with Crippen LogP contribution in [-0.4, -0.2) is 24.5 Å².